The van der Waals surface area contributed by atoms with E-state index in [1.165, 1.54) is 6.33 Å². The number of rotatable bonds is 4. The first-order valence-electron chi connectivity index (χ1n) is 7.69. The highest BCUT2D eigenvalue weighted by atomic mass is 16.4. The minimum absolute atomic E-state index is 0.204. The second kappa shape index (κ2) is 5.77. The highest BCUT2D eigenvalue weighted by molar-refractivity contribution is 5.65. The third-order valence-corrected chi connectivity index (χ3v) is 3.63. The summed E-state index contributed by atoms with van der Waals surface area (Å²) >= 11 is 0. The maximum atomic E-state index is 5.71. The molecule has 4 rings (SSSR count). The molecule has 0 amide bonds. The van der Waals surface area contributed by atoms with Crippen LogP contribution in [-0.4, -0.2) is 24.6 Å². The van der Waals surface area contributed by atoms with Gasteiger partial charge in [0.1, 0.15) is 12.0 Å². The van der Waals surface area contributed by atoms with Crippen molar-refractivity contribution in [3.63, 3.8) is 0 Å². The van der Waals surface area contributed by atoms with Crippen LogP contribution >= 0.6 is 0 Å². The zero-order valence-corrected chi connectivity index (χ0v) is 13.3. The number of hydrogen-bond donors (Lipinski definition) is 1. The van der Waals surface area contributed by atoms with E-state index in [-0.39, 0.29) is 5.92 Å². The largest absolute Gasteiger partial charge is 0.420 e. The number of benzene rings is 1. The number of fused-ring (bicyclic) bond motifs is 1. The lowest BCUT2D eigenvalue weighted by Crippen LogP contribution is -2.01. The molecule has 3 heterocycles. The van der Waals surface area contributed by atoms with Crippen LogP contribution in [0.1, 0.15) is 25.7 Å². The molecule has 0 saturated heterocycles. The van der Waals surface area contributed by atoms with Crippen molar-refractivity contribution in [3.8, 4) is 11.5 Å². The Morgan fingerprint density at radius 2 is 2.00 bits per heavy atom. The van der Waals surface area contributed by atoms with Gasteiger partial charge in [-0.25, -0.2) is 9.97 Å². The zero-order chi connectivity index (χ0) is 16.5. The Hall–Kier alpha value is -3.22. The standard InChI is InChI=1S/C17H16N6O/c1-11(2)15-21-22-16(24-15)12-5-3-6-13(9-12)20-17-19-10-18-14-7-4-8-23(14)17/h3-11H,1-2H3,(H,18,19,20). The first-order valence-corrected chi connectivity index (χ1v) is 7.69. The molecule has 0 atom stereocenters. The van der Waals surface area contributed by atoms with E-state index in [0.717, 1.165) is 16.9 Å². The fraction of sp³-hybridized carbons (Fsp3) is 0.176. The van der Waals surface area contributed by atoms with E-state index >= 15 is 0 Å². The van der Waals surface area contributed by atoms with Crippen molar-refractivity contribution in [1.29, 1.82) is 0 Å². The number of nitrogens with one attached hydrogen (secondary N) is 1. The topological polar surface area (TPSA) is 81.1 Å². The number of hydrogen-bond acceptors (Lipinski definition) is 6. The van der Waals surface area contributed by atoms with Gasteiger partial charge in [-0.2, -0.15) is 0 Å². The number of aromatic nitrogens is 5. The Balaban J connectivity index is 1.66. The molecule has 3 aromatic heterocycles. The molecule has 0 radical (unpaired) electrons. The number of nitrogens with zero attached hydrogens (tertiary/aromatic N) is 5. The van der Waals surface area contributed by atoms with Crippen LogP contribution in [0.3, 0.4) is 0 Å². The first-order chi connectivity index (χ1) is 11.7. The quantitative estimate of drug-likeness (QED) is 0.618. The molecule has 0 saturated carbocycles. The van der Waals surface area contributed by atoms with E-state index in [9.17, 15) is 0 Å². The second-order valence-electron chi connectivity index (χ2n) is 5.74. The van der Waals surface area contributed by atoms with Crippen LogP contribution in [0, 0.1) is 0 Å². The molecule has 1 N–H and O–H groups in total. The van der Waals surface area contributed by atoms with Gasteiger partial charge in [0.15, 0.2) is 0 Å². The molecule has 120 valence electrons. The zero-order valence-electron chi connectivity index (χ0n) is 13.3. The summed E-state index contributed by atoms with van der Waals surface area (Å²) in [5.41, 5.74) is 2.57. The van der Waals surface area contributed by atoms with Crippen LogP contribution in [0.5, 0.6) is 0 Å². The van der Waals surface area contributed by atoms with Crippen LogP contribution in [0.15, 0.2) is 53.3 Å². The molecular formula is C17H16N6O. The monoisotopic (exact) mass is 320 g/mol. The van der Waals surface area contributed by atoms with Gasteiger partial charge in [-0.3, -0.25) is 4.40 Å². The predicted octanol–water partition coefficient (Wildman–Crippen LogP) is 3.65. The third-order valence-electron chi connectivity index (χ3n) is 3.63. The van der Waals surface area contributed by atoms with Gasteiger partial charge in [0.2, 0.25) is 17.7 Å². The molecule has 0 aliphatic carbocycles. The summed E-state index contributed by atoms with van der Waals surface area (Å²) < 4.78 is 7.60. The Morgan fingerprint density at radius 1 is 1.08 bits per heavy atom. The summed E-state index contributed by atoms with van der Waals surface area (Å²) in [5, 5.41) is 11.5. The minimum Gasteiger partial charge on any atom is -0.420 e. The molecule has 0 aliphatic rings. The van der Waals surface area contributed by atoms with Crippen LogP contribution in [0.25, 0.3) is 17.1 Å². The molecule has 7 nitrogen and oxygen atoms in total. The normalized spacial score (nSPS) is 11.3. The Morgan fingerprint density at radius 3 is 2.83 bits per heavy atom. The summed E-state index contributed by atoms with van der Waals surface area (Å²) in [6.45, 7) is 4.04. The van der Waals surface area contributed by atoms with Crippen LogP contribution in [0.2, 0.25) is 0 Å². The molecule has 24 heavy (non-hydrogen) atoms. The highest BCUT2D eigenvalue weighted by Crippen LogP contribution is 2.25. The van der Waals surface area contributed by atoms with Crippen LogP contribution in [0.4, 0.5) is 11.6 Å². The molecule has 7 heteroatoms. The Labute approximate surface area is 138 Å². The van der Waals surface area contributed by atoms with Crippen LogP contribution < -0.4 is 5.32 Å². The first kappa shape index (κ1) is 14.4. The van der Waals surface area contributed by atoms with E-state index in [4.69, 9.17) is 4.42 Å². The van der Waals surface area contributed by atoms with Crippen molar-refractivity contribution in [2.24, 2.45) is 0 Å². The average molecular weight is 320 g/mol. The summed E-state index contributed by atoms with van der Waals surface area (Å²) in [5.74, 6) is 2.04. The third kappa shape index (κ3) is 2.60. The summed E-state index contributed by atoms with van der Waals surface area (Å²) in [6.07, 6.45) is 3.45. The SMILES string of the molecule is CC(C)c1nnc(-c2cccc(Nc3ncnc4cccn34)c2)o1. The Kier molecular flexibility index (Phi) is 3.45. The number of anilines is 2. The van der Waals surface area contributed by atoms with Crippen molar-refractivity contribution in [2.75, 3.05) is 5.32 Å². The minimum atomic E-state index is 0.204. The fourth-order valence-electron chi connectivity index (χ4n) is 2.40. The molecule has 4 aromatic rings. The van der Waals surface area contributed by atoms with Gasteiger partial charge in [0.25, 0.3) is 0 Å². The molecule has 1 aromatic carbocycles. The predicted molar refractivity (Wildman–Crippen MR) is 90.1 cm³/mol. The van der Waals surface area contributed by atoms with Gasteiger partial charge in [0, 0.05) is 23.4 Å². The summed E-state index contributed by atoms with van der Waals surface area (Å²) in [6, 6.07) is 11.6. The van der Waals surface area contributed by atoms with E-state index in [1.807, 2.05) is 60.8 Å². The van der Waals surface area contributed by atoms with Crippen molar-refractivity contribution in [3.05, 3.63) is 54.8 Å². The van der Waals surface area contributed by atoms with Gasteiger partial charge in [-0.15, -0.1) is 10.2 Å². The van der Waals surface area contributed by atoms with Gasteiger partial charge < -0.3 is 9.73 Å². The molecular weight excluding hydrogens is 304 g/mol. The lowest BCUT2D eigenvalue weighted by atomic mass is 10.2. The van der Waals surface area contributed by atoms with Gasteiger partial charge in [-0.1, -0.05) is 19.9 Å². The van der Waals surface area contributed by atoms with E-state index in [1.54, 1.807) is 0 Å². The second-order valence-corrected chi connectivity index (χ2v) is 5.74. The van der Waals surface area contributed by atoms with Gasteiger partial charge >= 0.3 is 0 Å². The highest BCUT2D eigenvalue weighted by Gasteiger charge is 2.12. The molecule has 0 fully saturated rings. The maximum Gasteiger partial charge on any atom is 0.247 e. The van der Waals surface area contributed by atoms with E-state index < -0.39 is 0 Å². The molecule has 0 unspecified atom stereocenters. The van der Waals surface area contributed by atoms with Gasteiger partial charge in [-0.05, 0) is 30.3 Å². The van der Waals surface area contributed by atoms with E-state index in [0.29, 0.717) is 17.7 Å². The molecule has 0 aliphatic heterocycles. The van der Waals surface area contributed by atoms with Crippen molar-refractivity contribution in [1.82, 2.24) is 24.6 Å². The molecule has 0 spiro atoms. The lowest BCUT2D eigenvalue weighted by Gasteiger charge is -2.08. The van der Waals surface area contributed by atoms with Gasteiger partial charge in [0.05, 0.1) is 0 Å². The van der Waals surface area contributed by atoms with Crippen LogP contribution in [-0.2, 0) is 0 Å². The summed E-state index contributed by atoms with van der Waals surface area (Å²) in [4.78, 5) is 8.50. The smallest absolute Gasteiger partial charge is 0.247 e. The van der Waals surface area contributed by atoms with Crippen molar-refractivity contribution >= 4 is 17.3 Å². The van der Waals surface area contributed by atoms with Crippen molar-refractivity contribution < 1.29 is 4.42 Å². The maximum absolute atomic E-state index is 5.71. The lowest BCUT2D eigenvalue weighted by molar-refractivity contribution is 0.481. The summed E-state index contributed by atoms with van der Waals surface area (Å²) in [7, 11) is 0. The molecule has 0 bridgehead atoms. The van der Waals surface area contributed by atoms with E-state index in [2.05, 4.69) is 25.5 Å². The fourth-order valence-corrected chi connectivity index (χ4v) is 2.40. The Bertz CT molecular complexity index is 987. The van der Waals surface area contributed by atoms with Crippen molar-refractivity contribution in [2.45, 2.75) is 19.8 Å². The average Bonchev–Trinajstić information content (AvgIpc) is 3.25.